The van der Waals surface area contributed by atoms with Crippen molar-refractivity contribution in [3.05, 3.63) is 57.6 Å². The molecule has 1 fully saturated rings. The van der Waals surface area contributed by atoms with E-state index in [1.807, 2.05) is 32.0 Å². The largest absolute Gasteiger partial charge is 0.326 e. The molecule has 28 heavy (non-hydrogen) atoms. The summed E-state index contributed by atoms with van der Waals surface area (Å²) in [5.41, 5.74) is 2.86. The number of rotatable bonds is 4. The van der Waals surface area contributed by atoms with Crippen molar-refractivity contribution in [1.29, 1.82) is 0 Å². The number of hydrogen-bond acceptors (Lipinski definition) is 3. The lowest BCUT2D eigenvalue weighted by Gasteiger charge is -2.31. The molecule has 0 radical (unpaired) electrons. The summed E-state index contributed by atoms with van der Waals surface area (Å²) in [6.07, 6.45) is 0.905. The number of aryl methyl sites for hydroxylation is 2. The van der Waals surface area contributed by atoms with Crippen LogP contribution < -0.4 is 5.32 Å². The lowest BCUT2D eigenvalue weighted by Crippen LogP contribution is -2.41. The molecule has 0 aliphatic carbocycles. The van der Waals surface area contributed by atoms with E-state index in [2.05, 4.69) is 5.32 Å². The van der Waals surface area contributed by atoms with Crippen LogP contribution in [0, 0.1) is 19.8 Å². The summed E-state index contributed by atoms with van der Waals surface area (Å²) in [4.78, 5) is 12.6. The Hall–Kier alpha value is -1.60. The maximum Gasteiger partial charge on any atom is 0.244 e. The van der Waals surface area contributed by atoms with E-state index >= 15 is 0 Å². The average Bonchev–Trinajstić information content (AvgIpc) is 2.66. The van der Waals surface area contributed by atoms with Crippen molar-refractivity contribution in [2.45, 2.75) is 31.6 Å². The van der Waals surface area contributed by atoms with E-state index in [0.29, 0.717) is 17.9 Å². The van der Waals surface area contributed by atoms with Gasteiger partial charge in [0.15, 0.2) is 0 Å². The predicted octanol–water partition coefficient (Wildman–Crippen LogP) is 4.65. The van der Waals surface area contributed by atoms with E-state index < -0.39 is 10.0 Å². The molecule has 1 N–H and O–H groups in total. The lowest BCUT2D eigenvalue weighted by molar-refractivity contribution is -0.120. The van der Waals surface area contributed by atoms with Crippen molar-refractivity contribution < 1.29 is 13.2 Å². The van der Waals surface area contributed by atoms with Crippen LogP contribution in [0.15, 0.2) is 41.3 Å². The first-order chi connectivity index (χ1) is 13.2. The highest BCUT2D eigenvalue weighted by atomic mass is 35.5. The van der Waals surface area contributed by atoms with Crippen LogP contribution in [0.5, 0.6) is 0 Å². The van der Waals surface area contributed by atoms with Crippen molar-refractivity contribution >= 4 is 44.8 Å². The quantitative estimate of drug-likeness (QED) is 0.751. The normalized spacial score (nSPS) is 16.1. The Kier molecular flexibility index (Phi) is 6.34. The molecule has 8 heteroatoms. The van der Waals surface area contributed by atoms with Gasteiger partial charge in [0, 0.05) is 29.7 Å². The van der Waals surface area contributed by atoms with E-state index in [1.54, 1.807) is 6.07 Å². The highest BCUT2D eigenvalue weighted by Gasteiger charge is 2.33. The number of carbonyl (C=O) groups is 1. The number of sulfonamides is 1. The topological polar surface area (TPSA) is 66.5 Å². The number of halogens is 2. The van der Waals surface area contributed by atoms with Crippen LogP contribution in [0.4, 0.5) is 5.69 Å². The van der Waals surface area contributed by atoms with Crippen LogP contribution in [0.25, 0.3) is 0 Å². The summed E-state index contributed by atoms with van der Waals surface area (Å²) in [5.74, 6) is -0.312. The molecule has 1 aliphatic heterocycles. The number of anilines is 1. The van der Waals surface area contributed by atoms with Crippen molar-refractivity contribution in [1.82, 2.24) is 4.31 Å². The van der Waals surface area contributed by atoms with Crippen LogP contribution >= 0.6 is 23.2 Å². The van der Waals surface area contributed by atoms with Gasteiger partial charge < -0.3 is 5.32 Å². The number of nitrogens with zero attached hydrogens (tertiary/aromatic N) is 1. The van der Waals surface area contributed by atoms with E-state index in [9.17, 15) is 13.2 Å². The second-order valence-electron chi connectivity index (χ2n) is 7.06. The minimum atomic E-state index is -3.75. The maximum absolute atomic E-state index is 12.9. The fourth-order valence-electron chi connectivity index (χ4n) is 3.28. The van der Waals surface area contributed by atoms with Crippen molar-refractivity contribution in [2.24, 2.45) is 5.92 Å². The predicted molar refractivity (Wildman–Crippen MR) is 112 cm³/mol. The molecule has 1 amide bonds. The van der Waals surface area contributed by atoms with E-state index in [1.165, 1.54) is 16.4 Å². The van der Waals surface area contributed by atoms with Gasteiger partial charge in [-0.1, -0.05) is 35.3 Å². The van der Waals surface area contributed by atoms with Crippen LogP contribution in [0.1, 0.15) is 24.0 Å². The Morgan fingerprint density at radius 2 is 1.75 bits per heavy atom. The Morgan fingerprint density at radius 1 is 1.07 bits per heavy atom. The van der Waals surface area contributed by atoms with Gasteiger partial charge in [0.1, 0.15) is 4.90 Å². The Bertz CT molecular complexity index is 1000. The van der Waals surface area contributed by atoms with E-state index in [-0.39, 0.29) is 34.8 Å². The number of benzene rings is 2. The SMILES string of the molecule is Cc1ccc(C)c(NC(=O)C2CCN(S(=O)(=O)c3cc(Cl)ccc3Cl)CC2)c1. The van der Waals surface area contributed by atoms with Gasteiger partial charge in [-0.2, -0.15) is 4.31 Å². The monoisotopic (exact) mass is 440 g/mol. The number of amides is 1. The first kappa shape index (κ1) is 21.1. The molecule has 5 nitrogen and oxygen atoms in total. The molecule has 0 spiro atoms. The molecule has 2 aromatic rings. The van der Waals surface area contributed by atoms with Crippen LogP contribution in [-0.2, 0) is 14.8 Å². The van der Waals surface area contributed by atoms with Gasteiger partial charge >= 0.3 is 0 Å². The van der Waals surface area contributed by atoms with Gasteiger partial charge in [-0.25, -0.2) is 8.42 Å². The molecule has 1 heterocycles. The molecule has 2 aromatic carbocycles. The Balaban J connectivity index is 1.67. The highest BCUT2D eigenvalue weighted by Crippen LogP contribution is 2.30. The second kappa shape index (κ2) is 8.41. The van der Waals surface area contributed by atoms with Gasteiger partial charge in [-0.15, -0.1) is 0 Å². The molecule has 0 aromatic heterocycles. The summed E-state index contributed by atoms with van der Waals surface area (Å²) < 4.78 is 27.2. The lowest BCUT2D eigenvalue weighted by atomic mass is 9.97. The molecule has 0 saturated carbocycles. The zero-order chi connectivity index (χ0) is 20.5. The van der Waals surface area contributed by atoms with Gasteiger partial charge in [-0.05, 0) is 62.1 Å². The van der Waals surface area contributed by atoms with E-state index in [4.69, 9.17) is 23.2 Å². The number of piperidine rings is 1. The molecule has 0 bridgehead atoms. The minimum Gasteiger partial charge on any atom is -0.326 e. The van der Waals surface area contributed by atoms with Crippen molar-refractivity contribution in [2.75, 3.05) is 18.4 Å². The third-order valence-electron chi connectivity index (χ3n) is 4.99. The molecule has 0 atom stereocenters. The average molecular weight is 441 g/mol. The summed E-state index contributed by atoms with van der Waals surface area (Å²) in [6, 6.07) is 10.3. The molecule has 1 aliphatic rings. The second-order valence-corrected chi connectivity index (χ2v) is 9.81. The highest BCUT2D eigenvalue weighted by molar-refractivity contribution is 7.89. The molecule has 0 unspecified atom stereocenters. The fourth-order valence-corrected chi connectivity index (χ4v) is 5.48. The summed E-state index contributed by atoms with van der Waals surface area (Å²) in [7, 11) is -3.75. The van der Waals surface area contributed by atoms with Gasteiger partial charge in [0.2, 0.25) is 15.9 Å². The van der Waals surface area contributed by atoms with Crippen molar-refractivity contribution in [3.63, 3.8) is 0 Å². The maximum atomic E-state index is 12.9. The van der Waals surface area contributed by atoms with Crippen LogP contribution in [-0.4, -0.2) is 31.7 Å². The fraction of sp³-hybridized carbons (Fsp3) is 0.350. The Labute approximate surface area is 175 Å². The Morgan fingerprint density at radius 3 is 2.43 bits per heavy atom. The van der Waals surface area contributed by atoms with Gasteiger partial charge in [0.25, 0.3) is 0 Å². The molecule has 1 saturated heterocycles. The van der Waals surface area contributed by atoms with Gasteiger partial charge in [-0.3, -0.25) is 4.79 Å². The summed E-state index contributed by atoms with van der Waals surface area (Å²) in [6.45, 7) is 4.44. The third-order valence-corrected chi connectivity index (χ3v) is 7.60. The third kappa shape index (κ3) is 4.51. The van der Waals surface area contributed by atoms with Gasteiger partial charge in [0.05, 0.1) is 5.02 Å². The number of nitrogens with one attached hydrogen (secondary N) is 1. The molecule has 3 rings (SSSR count). The van der Waals surface area contributed by atoms with Crippen LogP contribution in [0.2, 0.25) is 10.0 Å². The van der Waals surface area contributed by atoms with E-state index in [0.717, 1.165) is 16.8 Å². The molecular weight excluding hydrogens is 419 g/mol. The molecular formula is C20H22Cl2N2O3S. The standard InChI is InChI=1S/C20H22Cl2N2O3S/c1-13-3-4-14(2)18(11-13)23-20(25)15-7-9-24(10-8-15)28(26,27)19-12-16(21)5-6-17(19)22/h3-6,11-12,15H,7-10H2,1-2H3,(H,23,25). The first-order valence-corrected chi connectivity index (χ1v) is 11.2. The zero-order valence-corrected chi connectivity index (χ0v) is 18.0. The number of hydrogen-bond donors (Lipinski definition) is 1. The van der Waals surface area contributed by atoms with Crippen molar-refractivity contribution in [3.8, 4) is 0 Å². The molecule has 150 valence electrons. The summed E-state index contributed by atoms with van der Waals surface area (Å²) in [5, 5.41) is 3.43. The number of carbonyl (C=O) groups excluding carboxylic acids is 1. The zero-order valence-electron chi connectivity index (χ0n) is 15.7. The minimum absolute atomic E-state index is 0.0000428. The summed E-state index contributed by atoms with van der Waals surface area (Å²) >= 11 is 12.0. The smallest absolute Gasteiger partial charge is 0.244 e. The first-order valence-electron chi connectivity index (χ1n) is 9.02. The van der Waals surface area contributed by atoms with Crippen LogP contribution in [0.3, 0.4) is 0 Å².